The molecule has 0 aromatic carbocycles. The number of hydrogen-bond donors (Lipinski definition) is 2. The van der Waals surface area contributed by atoms with Crippen molar-refractivity contribution < 1.29 is 32.5 Å². The van der Waals surface area contributed by atoms with Gasteiger partial charge in [0.25, 0.3) is 0 Å². The van der Waals surface area contributed by atoms with Gasteiger partial charge in [-0.05, 0) is 27.7 Å². The van der Waals surface area contributed by atoms with Crippen molar-refractivity contribution in [3.05, 3.63) is 30.4 Å². The van der Waals surface area contributed by atoms with Crippen LogP contribution < -0.4 is 19.9 Å². The summed E-state index contributed by atoms with van der Waals surface area (Å²) in [4.78, 5) is 30.8. The molecule has 2 aromatic heterocycles. The van der Waals surface area contributed by atoms with E-state index in [2.05, 4.69) is 25.3 Å². The van der Waals surface area contributed by atoms with Gasteiger partial charge in [0, 0.05) is 37.1 Å². The highest BCUT2D eigenvalue weighted by Crippen LogP contribution is 2.29. The molecule has 0 saturated carbocycles. The van der Waals surface area contributed by atoms with E-state index < -0.39 is 35.7 Å². The summed E-state index contributed by atoms with van der Waals surface area (Å²) >= 11 is 0. The molecule has 0 spiro atoms. The highest BCUT2D eigenvalue weighted by atomic mass is 19.4. The summed E-state index contributed by atoms with van der Waals surface area (Å²) in [7, 11) is 0. The largest absolute Gasteiger partial charge is 0.474 e. The maximum absolute atomic E-state index is 12.7. The maximum Gasteiger partial charge on any atom is 0.419 e. The van der Waals surface area contributed by atoms with Gasteiger partial charge in [-0.15, -0.1) is 0 Å². The monoisotopic (exact) mass is 499 g/mol. The summed E-state index contributed by atoms with van der Waals surface area (Å²) in [5, 5.41) is 13.3. The quantitative estimate of drug-likeness (QED) is 0.611. The maximum atomic E-state index is 12.7. The predicted molar refractivity (Wildman–Crippen MR) is 119 cm³/mol. The van der Waals surface area contributed by atoms with Crippen LogP contribution in [-0.2, 0) is 10.9 Å². The van der Waals surface area contributed by atoms with E-state index in [-0.39, 0.29) is 25.0 Å². The molecule has 3 heterocycles. The van der Waals surface area contributed by atoms with Gasteiger partial charge in [0.2, 0.25) is 11.8 Å². The Morgan fingerprint density at radius 1 is 1.20 bits per heavy atom. The van der Waals surface area contributed by atoms with Crippen LogP contribution in [0.4, 0.5) is 29.7 Å². The summed E-state index contributed by atoms with van der Waals surface area (Å²) in [6.45, 7) is 7.93. The number of alkyl carbamates (subject to hydrolysis) is 1. The number of nitrogens with one attached hydrogen (secondary N) is 1. The fourth-order valence-electron chi connectivity index (χ4n) is 3.17. The standard InChI is InChI=1S/C21H28F3N7O4/c1-13(35-19(33)29-20(2,3)4)11-34-16-7-15(27-12-28-16)31-6-5-30(10-17(31)32)18-25-8-14(9-26-18)21(22,23)24/h7-9,12-13,17,32H,5-6,10-11H2,1-4H3,(H,29,33). The van der Waals surface area contributed by atoms with Crippen LogP contribution in [0.1, 0.15) is 33.3 Å². The fraction of sp³-hybridized carbons (Fsp3) is 0.571. The molecule has 2 unspecified atom stereocenters. The second-order valence-corrected chi connectivity index (χ2v) is 9.01. The molecular formula is C21H28F3N7O4. The van der Waals surface area contributed by atoms with Crippen molar-refractivity contribution in [2.24, 2.45) is 0 Å². The predicted octanol–water partition coefficient (Wildman–Crippen LogP) is 2.22. The molecule has 3 rings (SSSR count). The number of ether oxygens (including phenoxy) is 2. The Hall–Kier alpha value is -3.42. The van der Waals surface area contributed by atoms with Gasteiger partial charge in [0.15, 0.2) is 0 Å². The number of β-amino-alcohol motifs (C(OH)–C–C–N with tert-alkyl or cyclic N) is 1. The topological polar surface area (TPSA) is 126 Å². The minimum atomic E-state index is -4.52. The SMILES string of the molecule is CC(COc1cc(N2CCN(c3ncc(C(F)(F)F)cn3)CC2O)ncn1)OC(=O)NC(C)(C)C. The van der Waals surface area contributed by atoms with Gasteiger partial charge in [-0.2, -0.15) is 13.2 Å². The van der Waals surface area contributed by atoms with Crippen LogP contribution in [-0.4, -0.2) is 75.2 Å². The van der Waals surface area contributed by atoms with Crippen LogP contribution in [0.15, 0.2) is 24.8 Å². The number of carbonyl (C=O) groups excluding carboxylic acids is 1. The smallest absolute Gasteiger partial charge is 0.419 e. The zero-order valence-corrected chi connectivity index (χ0v) is 19.8. The molecule has 2 N–H and O–H groups in total. The van der Waals surface area contributed by atoms with Crippen LogP contribution >= 0.6 is 0 Å². The number of anilines is 2. The first kappa shape index (κ1) is 26.2. The molecule has 35 heavy (non-hydrogen) atoms. The zero-order valence-electron chi connectivity index (χ0n) is 19.8. The number of aromatic nitrogens is 4. The first-order chi connectivity index (χ1) is 16.3. The molecule has 1 aliphatic heterocycles. The van der Waals surface area contributed by atoms with E-state index in [0.29, 0.717) is 31.3 Å². The Balaban J connectivity index is 1.55. The summed E-state index contributed by atoms with van der Waals surface area (Å²) in [5.74, 6) is 0.713. The van der Waals surface area contributed by atoms with Crippen molar-refractivity contribution in [2.45, 2.75) is 51.7 Å². The molecule has 11 nitrogen and oxygen atoms in total. The molecule has 0 aliphatic carbocycles. The molecule has 0 bridgehead atoms. The number of carbonyl (C=O) groups is 1. The minimum absolute atomic E-state index is 0.0512. The molecule has 192 valence electrons. The number of aliphatic hydroxyl groups excluding tert-OH is 1. The first-order valence-corrected chi connectivity index (χ1v) is 10.8. The number of nitrogens with zero attached hydrogens (tertiary/aromatic N) is 6. The molecular weight excluding hydrogens is 471 g/mol. The van der Waals surface area contributed by atoms with E-state index >= 15 is 0 Å². The van der Waals surface area contributed by atoms with Crippen LogP contribution in [0.5, 0.6) is 5.88 Å². The Labute approximate surface area is 200 Å². The number of aliphatic hydroxyl groups is 1. The van der Waals surface area contributed by atoms with Crippen molar-refractivity contribution in [3.63, 3.8) is 0 Å². The lowest BCUT2D eigenvalue weighted by atomic mass is 10.1. The third kappa shape index (κ3) is 7.53. The Morgan fingerprint density at radius 3 is 2.49 bits per heavy atom. The van der Waals surface area contributed by atoms with Crippen LogP contribution in [0.2, 0.25) is 0 Å². The second kappa shape index (κ2) is 10.5. The third-order valence-electron chi connectivity index (χ3n) is 4.78. The molecule has 2 atom stereocenters. The van der Waals surface area contributed by atoms with E-state index in [4.69, 9.17) is 9.47 Å². The van der Waals surface area contributed by atoms with E-state index in [1.165, 1.54) is 12.4 Å². The summed E-state index contributed by atoms with van der Waals surface area (Å²) in [6.07, 6.45) is -3.95. The van der Waals surface area contributed by atoms with Gasteiger partial charge in [-0.3, -0.25) is 0 Å². The Bertz CT molecular complexity index is 1000. The second-order valence-electron chi connectivity index (χ2n) is 9.01. The normalized spacial score (nSPS) is 17.7. The van der Waals surface area contributed by atoms with Gasteiger partial charge in [0.05, 0.1) is 12.1 Å². The number of rotatable bonds is 6. The summed E-state index contributed by atoms with van der Waals surface area (Å²) in [6, 6.07) is 1.54. The lowest BCUT2D eigenvalue weighted by molar-refractivity contribution is -0.138. The lowest BCUT2D eigenvalue weighted by Gasteiger charge is -2.39. The van der Waals surface area contributed by atoms with Gasteiger partial charge in [-0.25, -0.2) is 24.7 Å². The van der Waals surface area contributed by atoms with Crippen molar-refractivity contribution in [1.29, 1.82) is 0 Å². The third-order valence-corrected chi connectivity index (χ3v) is 4.78. The number of amides is 1. The van der Waals surface area contributed by atoms with E-state index in [1.807, 2.05) is 20.8 Å². The number of halogens is 3. The number of piperazine rings is 1. The highest BCUT2D eigenvalue weighted by Gasteiger charge is 2.33. The number of hydrogen-bond acceptors (Lipinski definition) is 10. The molecule has 1 saturated heterocycles. The highest BCUT2D eigenvalue weighted by molar-refractivity contribution is 5.68. The van der Waals surface area contributed by atoms with Gasteiger partial charge in [-0.1, -0.05) is 0 Å². The molecule has 1 aliphatic rings. The lowest BCUT2D eigenvalue weighted by Crippen LogP contribution is -2.54. The van der Waals surface area contributed by atoms with Gasteiger partial charge in [0.1, 0.15) is 31.1 Å². The van der Waals surface area contributed by atoms with Crippen LogP contribution in [0, 0.1) is 0 Å². The average molecular weight is 499 g/mol. The Kier molecular flexibility index (Phi) is 7.83. The van der Waals surface area contributed by atoms with E-state index in [9.17, 15) is 23.1 Å². The zero-order chi connectivity index (χ0) is 25.8. The summed E-state index contributed by atoms with van der Waals surface area (Å²) in [5.41, 5.74) is -1.37. The Morgan fingerprint density at radius 2 is 1.89 bits per heavy atom. The fourth-order valence-corrected chi connectivity index (χ4v) is 3.17. The average Bonchev–Trinajstić information content (AvgIpc) is 2.76. The number of alkyl halides is 3. The van der Waals surface area contributed by atoms with Crippen molar-refractivity contribution in [2.75, 3.05) is 36.0 Å². The van der Waals surface area contributed by atoms with Crippen molar-refractivity contribution in [3.8, 4) is 5.88 Å². The molecule has 1 fully saturated rings. The molecule has 2 aromatic rings. The first-order valence-electron chi connectivity index (χ1n) is 10.8. The molecule has 14 heteroatoms. The van der Waals surface area contributed by atoms with Gasteiger partial charge >= 0.3 is 12.3 Å². The van der Waals surface area contributed by atoms with Crippen LogP contribution in [0.3, 0.4) is 0 Å². The minimum Gasteiger partial charge on any atom is -0.474 e. The molecule has 1 amide bonds. The van der Waals surface area contributed by atoms with E-state index in [1.54, 1.807) is 16.7 Å². The van der Waals surface area contributed by atoms with Gasteiger partial charge < -0.3 is 29.7 Å². The van der Waals surface area contributed by atoms with Crippen LogP contribution in [0.25, 0.3) is 0 Å². The van der Waals surface area contributed by atoms with Crippen molar-refractivity contribution >= 4 is 17.9 Å². The summed E-state index contributed by atoms with van der Waals surface area (Å²) < 4.78 is 49.0. The van der Waals surface area contributed by atoms with E-state index in [0.717, 1.165) is 0 Å². The molecule has 0 radical (unpaired) electrons. The van der Waals surface area contributed by atoms with Crippen molar-refractivity contribution in [1.82, 2.24) is 25.3 Å².